The van der Waals surface area contributed by atoms with Gasteiger partial charge in [0.15, 0.2) is 0 Å². The maximum atomic E-state index is 12.5. The number of rotatable bonds is 4. The predicted molar refractivity (Wildman–Crippen MR) is 81.5 cm³/mol. The van der Waals surface area contributed by atoms with Crippen molar-refractivity contribution in [3.05, 3.63) is 22.3 Å². The lowest BCUT2D eigenvalue weighted by molar-refractivity contribution is 0.00213. The van der Waals surface area contributed by atoms with Crippen LogP contribution in [-0.4, -0.2) is 41.6 Å². The topological polar surface area (TPSA) is 68.5 Å². The van der Waals surface area contributed by atoms with Crippen molar-refractivity contribution in [3.8, 4) is 0 Å². The van der Waals surface area contributed by atoms with Crippen LogP contribution < -0.4 is 5.73 Å². The first-order valence-corrected chi connectivity index (χ1v) is 7.73. The molecule has 6 heteroatoms. The van der Waals surface area contributed by atoms with E-state index in [9.17, 15) is 4.79 Å². The third kappa shape index (κ3) is 3.70. The lowest BCUT2D eigenvalue weighted by atomic mass is 10.1. The number of aromatic nitrogens is 1. The molecule has 0 radical (unpaired) electrons. The van der Waals surface area contributed by atoms with Crippen LogP contribution in [0.15, 0.2) is 16.7 Å². The Bertz CT molecular complexity index is 481. The molecule has 1 atom stereocenters. The third-order valence-electron chi connectivity index (χ3n) is 3.34. The zero-order chi connectivity index (χ0) is 14.5. The molecule has 0 spiro atoms. The Hall–Kier alpha value is -1.14. The SMILES string of the molecule is CCCOC1CCCN(C(=O)c2cc(Br)cnc2N)C1. The maximum absolute atomic E-state index is 12.5. The highest BCUT2D eigenvalue weighted by Gasteiger charge is 2.26. The van der Waals surface area contributed by atoms with Gasteiger partial charge in [0.2, 0.25) is 0 Å². The van der Waals surface area contributed by atoms with E-state index in [2.05, 4.69) is 27.8 Å². The minimum atomic E-state index is -0.0684. The standard InChI is InChI=1S/C14H20BrN3O2/c1-2-6-20-11-4-3-5-18(9-11)14(19)12-7-10(15)8-17-13(12)16/h7-8,11H,2-6,9H2,1H3,(H2,16,17). The van der Waals surface area contributed by atoms with E-state index in [-0.39, 0.29) is 17.8 Å². The summed E-state index contributed by atoms with van der Waals surface area (Å²) < 4.78 is 6.51. The van der Waals surface area contributed by atoms with E-state index < -0.39 is 0 Å². The van der Waals surface area contributed by atoms with E-state index in [4.69, 9.17) is 10.5 Å². The highest BCUT2D eigenvalue weighted by Crippen LogP contribution is 2.21. The number of carbonyl (C=O) groups excluding carboxylic acids is 1. The van der Waals surface area contributed by atoms with Gasteiger partial charge in [-0.2, -0.15) is 0 Å². The van der Waals surface area contributed by atoms with Crippen molar-refractivity contribution in [1.82, 2.24) is 9.88 Å². The number of pyridine rings is 1. The van der Waals surface area contributed by atoms with Crippen molar-refractivity contribution in [2.75, 3.05) is 25.4 Å². The number of nitrogens with zero attached hydrogens (tertiary/aromatic N) is 2. The number of halogens is 1. The van der Waals surface area contributed by atoms with Gasteiger partial charge in [-0.1, -0.05) is 6.92 Å². The Kier molecular flexibility index (Phi) is 5.37. The van der Waals surface area contributed by atoms with E-state index in [0.717, 1.165) is 36.9 Å². The summed E-state index contributed by atoms with van der Waals surface area (Å²) in [6.07, 6.45) is 4.69. The molecule has 1 unspecified atom stereocenters. The minimum absolute atomic E-state index is 0.0684. The molecule has 1 saturated heterocycles. The summed E-state index contributed by atoms with van der Waals surface area (Å²) in [5.74, 6) is 0.205. The number of hydrogen-bond acceptors (Lipinski definition) is 4. The van der Waals surface area contributed by atoms with Gasteiger partial charge in [0.25, 0.3) is 5.91 Å². The summed E-state index contributed by atoms with van der Waals surface area (Å²) in [7, 11) is 0. The second-order valence-corrected chi connectivity index (χ2v) is 5.89. The van der Waals surface area contributed by atoms with Crippen molar-refractivity contribution in [2.24, 2.45) is 0 Å². The van der Waals surface area contributed by atoms with Gasteiger partial charge in [-0.25, -0.2) is 4.98 Å². The van der Waals surface area contributed by atoms with E-state index in [0.29, 0.717) is 12.1 Å². The molecule has 1 aromatic rings. The van der Waals surface area contributed by atoms with Crippen molar-refractivity contribution >= 4 is 27.7 Å². The summed E-state index contributed by atoms with van der Waals surface area (Å²) in [4.78, 5) is 18.3. The molecule has 110 valence electrons. The Balaban J connectivity index is 2.06. The van der Waals surface area contributed by atoms with Crippen molar-refractivity contribution < 1.29 is 9.53 Å². The lowest BCUT2D eigenvalue weighted by Gasteiger charge is -2.32. The molecule has 2 N–H and O–H groups in total. The van der Waals surface area contributed by atoms with Crippen LogP contribution >= 0.6 is 15.9 Å². The van der Waals surface area contributed by atoms with Crippen LogP contribution in [0.1, 0.15) is 36.5 Å². The van der Waals surface area contributed by atoms with Gasteiger partial charge in [-0.3, -0.25) is 4.79 Å². The molecule has 1 amide bonds. The van der Waals surface area contributed by atoms with Gasteiger partial charge in [0, 0.05) is 30.4 Å². The molecule has 2 heterocycles. The van der Waals surface area contributed by atoms with Gasteiger partial charge in [-0.15, -0.1) is 0 Å². The highest BCUT2D eigenvalue weighted by molar-refractivity contribution is 9.10. The molecule has 0 aromatic carbocycles. The Morgan fingerprint density at radius 3 is 3.20 bits per heavy atom. The van der Waals surface area contributed by atoms with Crippen molar-refractivity contribution in [1.29, 1.82) is 0 Å². The zero-order valence-electron chi connectivity index (χ0n) is 11.6. The van der Waals surface area contributed by atoms with E-state index in [1.54, 1.807) is 12.3 Å². The van der Waals surface area contributed by atoms with E-state index >= 15 is 0 Å². The van der Waals surface area contributed by atoms with Crippen LogP contribution in [0, 0.1) is 0 Å². The van der Waals surface area contributed by atoms with Crippen LogP contribution in [0.3, 0.4) is 0 Å². The summed E-state index contributed by atoms with van der Waals surface area (Å²) in [6, 6.07) is 1.72. The van der Waals surface area contributed by atoms with Gasteiger partial charge in [-0.05, 0) is 41.3 Å². The normalized spacial score (nSPS) is 19.1. The van der Waals surface area contributed by atoms with Crippen LogP contribution in [0.2, 0.25) is 0 Å². The van der Waals surface area contributed by atoms with Gasteiger partial charge in [0.05, 0.1) is 11.7 Å². The molecule has 5 nitrogen and oxygen atoms in total. The van der Waals surface area contributed by atoms with Crippen LogP contribution in [0.4, 0.5) is 5.82 Å². The Morgan fingerprint density at radius 1 is 1.65 bits per heavy atom. The van der Waals surface area contributed by atoms with Gasteiger partial charge >= 0.3 is 0 Å². The average molecular weight is 342 g/mol. The fraction of sp³-hybridized carbons (Fsp3) is 0.571. The first-order valence-electron chi connectivity index (χ1n) is 6.93. The third-order valence-corrected chi connectivity index (χ3v) is 3.77. The zero-order valence-corrected chi connectivity index (χ0v) is 13.2. The van der Waals surface area contributed by atoms with Gasteiger partial charge < -0.3 is 15.4 Å². The number of nitrogens with two attached hydrogens (primary N) is 1. The lowest BCUT2D eigenvalue weighted by Crippen LogP contribution is -2.43. The molecule has 0 aliphatic carbocycles. The summed E-state index contributed by atoms with van der Waals surface area (Å²) >= 11 is 3.32. The van der Waals surface area contributed by atoms with Gasteiger partial charge in [0.1, 0.15) is 5.82 Å². The van der Waals surface area contributed by atoms with Crippen molar-refractivity contribution in [3.63, 3.8) is 0 Å². The second-order valence-electron chi connectivity index (χ2n) is 4.97. The second kappa shape index (κ2) is 7.04. The molecular formula is C14H20BrN3O2. The van der Waals surface area contributed by atoms with Crippen LogP contribution in [0.5, 0.6) is 0 Å². The first kappa shape index (κ1) is 15.3. The molecule has 0 bridgehead atoms. The quantitative estimate of drug-likeness (QED) is 0.913. The smallest absolute Gasteiger partial charge is 0.257 e. The van der Waals surface area contributed by atoms with E-state index in [1.807, 2.05) is 4.90 Å². The summed E-state index contributed by atoms with van der Waals surface area (Å²) in [5.41, 5.74) is 6.26. The fourth-order valence-corrected chi connectivity index (χ4v) is 2.67. The molecule has 0 saturated carbocycles. The number of likely N-dealkylation sites (tertiary alicyclic amines) is 1. The largest absolute Gasteiger partial charge is 0.383 e. The monoisotopic (exact) mass is 341 g/mol. The molecule has 1 aliphatic heterocycles. The highest BCUT2D eigenvalue weighted by atomic mass is 79.9. The number of hydrogen-bond donors (Lipinski definition) is 1. The predicted octanol–water partition coefficient (Wildman–Crippen LogP) is 2.46. The average Bonchev–Trinajstić information content (AvgIpc) is 2.47. The minimum Gasteiger partial charge on any atom is -0.383 e. The number of amides is 1. The number of anilines is 1. The van der Waals surface area contributed by atoms with Crippen LogP contribution in [0.25, 0.3) is 0 Å². The molecule has 1 aliphatic rings. The molecule has 2 rings (SSSR count). The fourth-order valence-electron chi connectivity index (χ4n) is 2.33. The van der Waals surface area contributed by atoms with Crippen molar-refractivity contribution in [2.45, 2.75) is 32.3 Å². The molecule has 20 heavy (non-hydrogen) atoms. The Labute approximate surface area is 127 Å². The molecular weight excluding hydrogens is 322 g/mol. The molecule has 1 aromatic heterocycles. The van der Waals surface area contributed by atoms with Crippen LogP contribution in [-0.2, 0) is 4.74 Å². The first-order chi connectivity index (χ1) is 9.61. The summed E-state index contributed by atoms with van der Waals surface area (Å²) in [5, 5.41) is 0. The number of ether oxygens (including phenoxy) is 1. The number of nitrogen functional groups attached to an aromatic ring is 1. The summed E-state index contributed by atoms with van der Waals surface area (Å²) in [6.45, 7) is 4.20. The Morgan fingerprint density at radius 2 is 2.45 bits per heavy atom. The maximum Gasteiger partial charge on any atom is 0.257 e. The molecule has 1 fully saturated rings. The number of piperidine rings is 1. The van der Waals surface area contributed by atoms with E-state index in [1.165, 1.54) is 0 Å². The number of carbonyl (C=O) groups is 1.